The highest BCUT2D eigenvalue weighted by atomic mass is 35.5. The molecule has 2 saturated heterocycles. The Balaban J connectivity index is 1.21. The average Bonchev–Trinajstić information content (AvgIpc) is 3.06. The van der Waals surface area contributed by atoms with Gasteiger partial charge in [-0.3, -0.25) is 14.5 Å². The Hall–Kier alpha value is -4.20. The van der Waals surface area contributed by atoms with Crippen molar-refractivity contribution in [1.82, 2.24) is 35.4 Å². The van der Waals surface area contributed by atoms with Crippen molar-refractivity contribution in [3.8, 4) is 22.9 Å². The van der Waals surface area contributed by atoms with E-state index in [0.717, 1.165) is 37.1 Å². The van der Waals surface area contributed by atoms with E-state index in [4.69, 9.17) is 37.7 Å². The van der Waals surface area contributed by atoms with Crippen LogP contribution in [0.3, 0.4) is 0 Å². The van der Waals surface area contributed by atoms with Crippen LogP contribution in [-0.4, -0.2) is 101 Å². The molecule has 13 nitrogen and oxygen atoms in total. The minimum absolute atomic E-state index is 0.00384. The van der Waals surface area contributed by atoms with E-state index in [-0.39, 0.29) is 18.4 Å². The number of likely N-dealkylation sites (tertiary alicyclic amines) is 1. The maximum Gasteiger partial charge on any atom is 0.408 e. The number of amides is 3. The quantitative estimate of drug-likeness (QED) is 0.288. The van der Waals surface area contributed by atoms with Crippen molar-refractivity contribution < 1.29 is 23.9 Å². The Morgan fingerprint density at radius 3 is 2.18 bits per heavy atom. The summed E-state index contributed by atoms with van der Waals surface area (Å²) < 4.78 is 11.4. The molecule has 0 radical (unpaired) electrons. The number of alkyl carbamates (subject to hydrolysis) is 1. The summed E-state index contributed by atoms with van der Waals surface area (Å²) in [4.78, 5) is 55.8. The number of carbonyl (C=O) groups excluding carboxylic acids is 3. The molecular weight excluding hydrogens is 683 g/mol. The number of ether oxygens (including phenoxy) is 2. The van der Waals surface area contributed by atoms with E-state index in [9.17, 15) is 14.4 Å². The van der Waals surface area contributed by atoms with Gasteiger partial charge in [-0.05, 0) is 82.4 Å². The van der Waals surface area contributed by atoms with E-state index in [1.54, 1.807) is 51.1 Å². The standard InChI is InChI=1S/C35H44Cl2N8O5/c1-23(46)38-18-24-5-7-43(8-6-24)22-25-13-30(26-15-27(36)17-28(37)16-26)42-31(14-25)49-29-19-39-33(40-20-29)45-11-9-44(10-12-45)32(47)21-41-34(48)50-35(2,3)4/h13-17,19-20,24H,5-12,18,21-22H2,1-4H3,(H,38,46)(H,41,48). The van der Waals surface area contributed by atoms with Crippen LogP contribution in [0.5, 0.6) is 11.6 Å². The summed E-state index contributed by atoms with van der Waals surface area (Å²) in [5, 5.41) is 6.48. The second kappa shape index (κ2) is 16.7. The number of piperidine rings is 1. The number of nitrogens with one attached hydrogen (secondary N) is 2. The maximum atomic E-state index is 12.6. The largest absolute Gasteiger partial charge is 0.444 e. The molecular formula is C35H44Cl2N8O5. The summed E-state index contributed by atoms with van der Waals surface area (Å²) in [7, 11) is 0. The Morgan fingerprint density at radius 2 is 1.56 bits per heavy atom. The Kier molecular flexibility index (Phi) is 12.4. The lowest BCUT2D eigenvalue weighted by molar-refractivity contribution is -0.130. The zero-order valence-electron chi connectivity index (χ0n) is 28.9. The molecule has 3 amide bonds. The zero-order valence-corrected chi connectivity index (χ0v) is 30.4. The number of piperazine rings is 1. The molecule has 1 aromatic carbocycles. The van der Waals surface area contributed by atoms with Gasteiger partial charge in [0.25, 0.3) is 0 Å². The SMILES string of the molecule is CC(=O)NCC1CCN(Cc2cc(Oc3cnc(N4CCN(C(=O)CNC(=O)OC(C)(C)C)CC4)nc3)nc(-c3cc(Cl)cc(Cl)c3)c2)CC1. The van der Waals surface area contributed by atoms with Crippen LogP contribution in [0, 0.1) is 5.92 Å². The predicted molar refractivity (Wildman–Crippen MR) is 192 cm³/mol. The number of hydrogen-bond acceptors (Lipinski definition) is 10. The zero-order chi connectivity index (χ0) is 35.8. The molecule has 2 fully saturated rings. The molecule has 50 heavy (non-hydrogen) atoms. The number of nitrogens with zero attached hydrogens (tertiary/aromatic N) is 6. The normalized spacial score (nSPS) is 15.8. The lowest BCUT2D eigenvalue weighted by Crippen LogP contribution is -2.51. The molecule has 0 saturated carbocycles. The second-order valence-electron chi connectivity index (χ2n) is 13.6. The van der Waals surface area contributed by atoms with Gasteiger partial charge in [0.2, 0.25) is 23.6 Å². The van der Waals surface area contributed by atoms with Crippen LogP contribution >= 0.6 is 23.2 Å². The molecule has 0 spiro atoms. The monoisotopic (exact) mass is 726 g/mol. The lowest BCUT2D eigenvalue weighted by atomic mass is 9.96. The fraction of sp³-hybridized carbons (Fsp3) is 0.486. The molecule has 0 aliphatic carbocycles. The summed E-state index contributed by atoms with van der Waals surface area (Å²) in [6.45, 7) is 12.0. The van der Waals surface area contributed by atoms with E-state index >= 15 is 0 Å². The number of pyridine rings is 1. The minimum atomic E-state index is -0.635. The molecule has 3 aromatic rings. The molecule has 0 atom stereocenters. The molecule has 15 heteroatoms. The van der Waals surface area contributed by atoms with E-state index in [0.29, 0.717) is 78.5 Å². The first kappa shape index (κ1) is 37.1. The van der Waals surface area contributed by atoms with E-state index < -0.39 is 11.7 Å². The molecule has 5 rings (SSSR count). The third kappa shape index (κ3) is 11.2. The van der Waals surface area contributed by atoms with Crippen LogP contribution in [0.15, 0.2) is 42.7 Å². The Bertz CT molecular complexity index is 1630. The van der Waals surface area contributed by atoms with Crippen LogP contribution in [0.25, 0.3) is 11.3 Å². The van der Waals surface area contributed by atoms with Gasteiger partial charge in [-0.2, -0.15) is 0 Å². The highest BCUT2D eigenvalue weighted by Gasteiger charge is 2.24. The number of benzene rings is 1. The summed E-state index contributed by atoms with van der Waals surface area (Å²) >= 11 is 12.7. The molecule has 2 aliphatic rings. The molecule has 4 heterocycles. The maximum absolute atomic E-state index is 12.6. The van der Waals surface area contributed by atoms with Crippen molar-refractivity contribution in [2.24, 2.45) is 5.92 Å². The van der Waals surface area contributed by atoms with Gasteiger partial charge in [-0.1, -0.05) is 23.2 Å². The predicted octanol–water partition coefficient (Wildman–Crippen LogP) is 5.16. The van der Waals surface area contributed by atoms with Crippen molar-refractivity contribution in [2.45, 2.75) is 52.7 Å². The number of anilines is 1. The lowest BCUT2D eigenvalue weighted by Gasteiger charge is -2.34. The van der Waals surface area contributed by atoms with Gasteiger partial charge in [0.15, 0.2) is 5.75 Å². The van der Waals surface area contributed by atoms with Gasteiger partial charge in [-0.15, -0.1) is 0 Å². The van der Waals surface area contributed by atoms with Gasteiger partial charge in [-0.25, -0.2) is 19.7 Å². The molecule has 2 aliphatic heterocycles. The van der Waals surface area contributed by atoms with Crippen LogP contribution in [-0.2, 0) is 20.9 Å². The van der Waals surface area contributed by atoms with E-state index in [1.165, 1.54) is 0 Å². The van der Waals surface area contributed by atoms with Crippen LogP contribution < -0.4 is 20.3 Å². The van der Waals surface area contributed by atoms with E-state index in [2.05, 4.69) is 25.5 Å². The van der Waals surface area contributed by atoms with Gasteiger partial charge < -0.3 is 29.9 Å². The van der Waals surface area contributed by atoms with Crippen LogP contribution in [0.1, 0.15) is 46.1 Å². The van der Waals surface area contributed by atoms with Crippen molar-refractivity contribution in [2.75, 3.05) is 57.3 Å². The fourth-order valence-corrected chi connectivity index (χ4v) is 6.35. The highest BCUT2D eigenvalue weighted by Crippen LogP contribution is 2.31. The second-order valence-corrected chi connectivity index (χ2v) is 14.4. The van der Waals surface area contributed by atoms with Crippen molar-refractivity contribution in [1.29, 1.82) is 0 Å². The summed E-state index contributed by atoms with van der Waals surface area (Å²) in [5.41, 5.74) is 1.83. The molecule has 0 bridgehead atoms. The highest BCUT2D eigenvalue weighted by molar-refractivity contribution is 6.35. The number of halogens is 2. The summed E-state index contributed by atoms with van der Waals surface area (Å²) in [6.07, 6.45) is 4.60. The van der Waals surface area contributed by atoms with Gasteiger partial charge in [0, 0.05) is 67.9 Å². The molecule has 2 aromatic heterocycles. The van der Waals surface area contributed by atoms with Gasteiger partial charge >= 0.3 is 6.09 Å². The van der Waals surface area contributed by atoms with Crippen molar-refractivity contribution in [3.63, 3.8) is 0 Å². The van der Waals surface area contributed by atoms with Crippen LogP contribution in [0.2, 0.25) is 10.0 Å². The Morgan fingerprint density at radius 1 is 0.900 bits per heavy atom. The average molecular weight is 728 g/mol. The minimum Gasteiger partial charge on any atom is -0.444 e. The first-order chi connectivity index (χ1) is 23.8. The van der Waals surface area contributed by atoms with E-state index in [1.807, 2.05) is 29.2 Å². The van der Waals surface area contributed by atoms with Gasteiger partial charge in [0.05, 0.1) is 18.1 Å². The molecule has 2 N–H and O–H groups in total. The first-order valence-corrected chi connectivity index (χ1v) is 17.5. The smallest absolute Gasteiger partial charge is 0.408 e. The number of aromatic nitrogens is 3. The van der Waals surface area contributed by atoms with Crippen molar-refractivity contribution >= 4 is 47.1 Å². The van der Waals surface area contributed by atoms with Crippen molar-refractivity contribution in [3.05, 3.63) is 58.3 Å². The number of hydrogen-bond donors (Lipinski definition) is 2. The molecule has 268 valence electrons. The number of carbonyl (C=O) groups is 3. The van der Waals surface area contributed by atoms with Gasteiger partial charge in [0.1, 0.15) is 12.1 Å². The third-order valence-corrected chi connectivity index (χ3v) is 8.74. The fourth-order valence-electron chi connectivity index (χ4n) is 5.82. The summed E-state index contributed by atoms with van der Waals surface area (Å²) in [5.74, 6) is 1.63. The molecule has 0 unspecified atom stereocenters. The summed E-state index contributed by atoms with van der Waals surface area (Å²) in [6, 6.07) is 9.26. The van der Waals surface area contributed by atoms with Crippen LogP contribution in [0.4, 0.5) is 10.7 Å². The third-order valence-electron chi connectivity index (χ3n) is 8.31. The topological polar surface area (TPSA) is 142 Å². The Labute approximate surface area is 302 Å². The first-order valence-electron chi connectivity index (χ1n) is 16.7. The number of rotatable bonds is 10.